The van der Waals surface area contributed by atoms with E-state index < -0.39 is 0 Å². The van der Waals surface area contributed by atoms with E-state index in [-0.39, 0.29) is 0 Å². The highest BCUT2D eigenvalue weighted by atomic mass is 16.1. The second-order valence-corrected chi connectivity index (χ2v) is 14.2. The van der Waals surface area contributed by atoms with Crippen LogP contribution in [0.25, 0.3) is 0 Å². The molecule has 0 spiro atoms. The van der Waals surface area contributed by atoms with Crippen LogP contribution in [-0.4, -0.2) is 25.1 Å². The molecule has 0 amide bonds. The maximum Gasteiger partial charge on any atom is 0.150 e. The first-order chi connectivity index (χ1) is 22.7. The first-order valence-corrected chi connectivity index (χ1v) is 16.9. The Kier molecular flexibility index (Phi) is 9.36. The van der Waals surface area contributed by atoms with Crippen LogP contribution in [0.3, 0.4) is 0 Å². The van der Waals surface area contributed by atoms with Crippen molar-refractivity contribution < 1.29 is 19.2 Å². The van der Waals surface area contributed by atoms with E-state index in [1.165, 1.54) is 0 Å². The van der Waals surface area contributed by atoms with Crippen LogP contribution in [0.2, 0.25) is 0 Å². The molecule has 5 rings (SSSR count). The summed E-state index contributed by atoms with van der Waals surface area (Å²) in [4.78, 5) is 50.8. The molecule has 1 aliphatic rings. The first-order valence-electron chi connectivity index (χ1n) is 16.9. The third kappa shape index (κ3) is 5.12. The topological polar surface area (TPSA) is 68.3 Å². The van der Waals surface area contributed by atoms with E-state index in [2.05, 4.69) is 27.7 Å². The monoisotopic (exact) mass is 640 g/mol. The number of hydrogen-bond donors (Lipinski definition) is 0. The number of hydrogen-bond acceptors (Lipinski definition) is 4. The van der Waals surface area contributed by atoms with Crippen LogP contribution < -0.4 is 0 Å². The lowest BCUT2D eigenvalue weighted by Crippen LogP contribution is -2.16. The highest BCUT2D eigenvalue weighted by molar-refractivity contribution is 5.86. The van der Waals surface area contributed by atoms with Gasteiger partial charge in [0.1, 0.15) is 0 Å². The molecule has 4 nitrogen and oxygen atoms in total. The van der Waals surface area contributed by atoms with Crippen molar-refractivity contribution in [1.29, 1.82) is 0 Å². The van der Waals surface area contributed by atoms with E-state index in [0.717, 1.165) is 136 Å². The molecule has 1 aliphatic carbocycles. The van der Waals surface area contributed by atoms with Crippen LogP contribution in [0.4, 0.5) is 0 Å². The number of benzene rings is 4. The number of aldehydes is 4. The van der Waals surface area contributed by atoms with Crippen molar-refractivity contribution in [3.63, 3.8) is 0 Å². The number of carbonyl (C=O) groups is 4. The quantitative estimate of drug-likeness (QED) is 0.184. The summed E-state index contributed by atoms with van der Waals surface area (Å²) in [6, 6.07) is 0. The summed E-state index contributed by atoms with van der Waals surface area (Å²) in [5.41, 5.74) is 24.0. The fourth-order valence-corrected chi connectivity index (χ4v) is 8.94. The number of fused-ring (bicyclic) bond motifs is 8. The molecule has 0 aromatic heterocycles. The van der Waals surface area contributed by atoms with Gasteiger partial charge >= 0.3 is 0 Å². The van der Waals surface area contributed by atoms with Crippen molar-refractivity contribution in [2.24, 2.45) is 0 Å². The van der Waals surface area contributed by atoms with Gasteiger partial charge in [0.15, 0.2) is 25.1 Å². The smallest absolute Gasteiger partial charge is 0.150 e. The minimum absolute atomic E-state index is 0.588. The van der Waals surface area contributed by atoms with Crippen LogP contribution in [0, 0.1) is 83.1 Å². The van der Waals surface area contributed by atoms with Crippen LogP contribution >= 0.6 is 0 Å². The normalized spacial score (nSPS) is 12.6. The Labute approximate surface area is 286 Å². The zero-order valence-corrected chi connectivity index (χ0v) is 30.8. The number of rotatable bonds is 4. The van der Waals surface area contributed by atoms with Gasteiger partial charge in [-0.1, -0.05) is 0 Å². The van der Waals surface area contributed by atoms with Gasteiger partial charge in [-0.15, -0.1) is 0 Å². The Morgan fingerprint density at radius 1 is 0.250 bits per heavy atom. The summed E-state index contributed by atoms with van der Waals surface area (Å²) < 4.78 is 0. The van der Waals surface area contributed by atoms with Crippen molar-refractivity contribution in [3.05, 3.63) is 134 Å². The Bertz CT molecular complexity index is 1690. The largest absolute Gasteiger partial charge is 0.298 e. The lowest BCUT2D eigenvalue weighted by Gasteiger charge is -2.28. The van der Waals surface area contributed by atoms with Gasteiger partial charge in [0, 0.05) is 22.3 Å². The Hall–Kier alpha value is -4.44. The van der Waals surface area contributed by atoms with E-state index in [4.69, 9.17) is 0 Å². The van der Waals surface area contributed by atoms with E-state index in [0.29, 0.717) is 47.9 Å². The Balaban J connectivity index is 2.02. The molecular formula is C44H48O4. The van der Waals surface area contributed by atoms with Gasteiger partial charge in [0.05, 0.1) is 0 Å². The van der Waals surface area contributed by atoms with Gasteiger partial charge in [-0.2, -0.15) is 0 Å². The zero-order valence-electron chi connectivity index (χ0n) is 30.8. The second kappa shape index (κ2) is 12.9. The molecule has 0 unspecified atom stereocenters. The molecule has 0 fully saturated rings. The summed E-state index contributed by atoms with van der Waals surface area (Å²) in [5.74, 6) is 0. The molecule has 0 saturated carbocycles. The highest BCUT2D eigenvalue weighted by Crippen LogP contribution is 2.39. The molecule has 0 saturated heterocycles. The third-order valence-electron chi connectivity index (χ3n) is 12.4. The van der Waals surface area contributed by atoms with E-state index in [9.17, 15) is 19.2 Å². The zero-order chi connectivity index (χ0) is 35.5. The molecule has 0 aliphatic heterocycles. The highest BCUT2D eigenvalue weighted by Gasteiger charge is 2.27. The lowest BCUT2D eigenvalue weighted by atomic mass is 9.76. The average Bonchev–Trinajstić information content (AvgIpc) is 3.04. The summed E-state index contributed by atoms with van der Waals surface area (Å²) in [7, 11) is 0. The Morgan fingerprint density at radius 2 is 0.375 bits per heavy atom. The van der Waals surface area contributed by atoms with Gasteiger partial charge in [-0.25, -0.2) is 0 Å². The van der Waals surface area contributed by atoms with Gasteiger partial charge in [0.25, 0.3) is 0 Å². The number of carbonyl (C=O) groups excluding carboxylic acids is 4. The molecule has 0 N–H and O–H groups in total. The SMILES string of the molecule is Cc1c(C=O)c(C)c2c(C)c1Cc1c(C)c(C=O)c(C)c(c1C)Cc1c(C)c(C=O)c(C)c(c1C)Cc1c(C)c(C=O)c(C)c(c1C)C2. The average molecular weight is 641 g/mol. The second-order valence-electron chi connectivity index (χ2n) is 14.2. The van der Waals surface area contributed by atoms with Crippen molar-refractivity contribution in [3.8, 4) is 0 Å². The molecule has 0 radical (unpaired) electrons. The fourth-order valence-electron chi connectivity index (χ4n) is 8.94. The first kappa shape index (κ1) is 34.9. The molecule has 0 atom stereocenters. The molecular weight excluding hydrogens is 592 g/mol. The van der Waals surface area contributed by atoms with Gasteiger partial charge in [-0.05, 0) is 220 Å². The van der Waals surface area contributed by atoms with Crippen molar-refractivity contribution in [2.45, 2.75) is 109 Å². The summed E-state index contributed by atoms with van der Waals surface area (Å²) in [6.07, 6.45) is 6.28. The van der Waals surface area contributed by atoms with Crippen LogP contribution in [0.5, 0.6) is 0 Å². The summed E-state index contributed by atoms with van der Waals surface area (Å²) in [5, 5.41) is 0. The maximum absolute atomic E-state index is 12.7. The van der Waals surface area contributed by atoms with E-state index in [1.54, 1.807) is 0 Å². The summed E-state index contributed by atoms with van der Waals surface area (Å²) >= 11 is 0. The van der Waals surface area contributed by atoms with Crippen LogP contribution in [0.1, 0.15) is 153 Å². The van der Waals surface area contributed by atoms with Crippen LogP contribution in [-0.2, 0) is 25.7 Å². The maximum atomic E-state index is 12.7. The lowest BCUT2D eigenvalue weighted by molar-refractivity contribution is 0.111. The third-order valence-corrected chi connectivity index (χ3v) is 12.4. The fraction of sp³-hybridized carbons (Fsp3) is 0.364. The predicted octanol–water partition coefficient (Wildman–Crippen LogP) is 9.31. The van der Waals surface area contributed by atoms with Crippen LogP contribution in [0.15, 0.2) is 0 Å². The minimum atomic E-state index is 0.588. The van der Waals surface area contributed by atoms with Gasteiger partial charge in [0.2, 0.25) is 0 Å². The molecule has 8 bridgehead atoms. The Morgan fingerprint density at radius 3 is 0.479 bits per heavy atom. The molecule has 4 aromatic rings. The van der Waals surface area contributed by atoms with Crippen molar-refractivity contribution in [2.75, 3.05) is 0 Å². The molecule has 4 aromatic carbocycles. The summed E-state index contributed by atoms with van der Waals surface area (Å²) in [6.45, 7) is 24.9. The molecule has 48 heavy (non-hydrogen) atoms. The minimum Gasteiger partial charge on any atom is -0.298 e. The molecule has 248 valence electrons. The van der Waals surface area contributed by atoms with Crippen molar-refractivity contribution in [1.82, 2.24) is 0 Å². The van der Waals surface area contributed by atoms with E-state index in [1.807, 2.05) is 55.4 Å². The molecule has 0 heterocycles. The predicted molar refractivity (Wildman–Crippen MR) is 195 cm³/mol. The van der Waals surface area contributed by atoms with Gasteiger partial charge in [-0.3, -0.25) is 19.2 Å². The van der Waals surface area contributed by atoms with Gasteiger partial charge < -0.3 is 0 Å². The van der Waals surface area contributed by atoms with E-state index >= 15 is 0 Å². The van der Waals surface area contributed by atoms with Crippen molar-refractivity contribution >= 4 is 25.1 Å². The molecule has 4 heteroatoms. The standard InChI is InChI=1S/C44H48O4/c1-21-33-13-35-22(2)37(29(9)42(18-46)27(35)7)15-39-24(4)40(32(12)44(20-48)31(39)11)16-38-23(3)36(28(8)43(19-47)30(38)10)14-34(21)26(6)41(17-45)25(33)5/h17-20H,13-16H2,1-12H3.